The summed E-state index contributed by atoms with van der Waals surface area (Å²) in [6.07, 6.45) is 0. The molecular formula is C9H9N3OS. The quantitative estimate of drug-likeness (QED) is 0.777. The summed E-state index contributed by atoms with van der Waals surface area (Å²) in [5.74, 6) is 0.430. The van der Waals surface area contributed by atoms with Crippen molar-refractivity contribution in [2.24, 2.45) is 0 Å². The van der Waals surface area contributed by atoms with Crippen molar-refractivity contribution in [2.75, 3.05) is 5.32 Å². The van der Waals surface area contributed by atoms with Gasteiger partial charge in [-0.05, 0) is 19.1 Å². The molecule has 0 radical (unpaired) electrons. The SMILES string of the molecule is CC(=O)Nc1ccc2sc(C)nc2n1. The number of carbonyl (C=O) groups excluding carboxylic acids is 1. The van der Waals surface area contributed by atoms with Gasteiger partial charge in [-0.2, -0.15) is 0 Å². The Bertz CT molecular complexity index is 492. The van der Waals surface area contributed by atoms with E-state index in [4.69, 9.17) is 0 Å². The van der Waals surface area contributed by atoms with Gasteiger partial charge in [-0.3, -0.25) is 4.79 Å². The van der Waals surface area contributed by atoms with Crippen LogP contribution in [0.5, 0.6) is 0 Å². The average molecular weight is 207 g/mol. The van der Waals surface area contributed by atoms with Gasteiger partial charge >= 0.3 is 0 Å². The van der Waals surface area contributed by atoms with Crippen LogP contribution in [-0.4, -0.2) is 15.9 Å². The van der Waals surface area contributed by atoms with Crippen molar-refractivity contribution in [3.63, 3.8) is 0 Å². The average Bonchev–Trinajstić information content (AvgIpc) is 2.42. The van der Waals surface area contributed by atoms with E-state index < -0.39 is 0 Å². The highest BCUT2D eigenvalue weighted by atomic mass is 32.1. The first kappa shape index (κ1) is 9.08. The molecule has 0 saturated carbocycles. The van der Waals surface area contributed by atoms with Gasteiger partial charge in [0.25, 0.3) is 0 Å². The molecule has 2 heterocycles. The van der Waals surface area contributed by atoms with E-state index >= 15 is 0 Å². The second-order valence-electron chi connectivity index (χ2n) is 2.93. The summed E-state index contributed by atoms with van der Waals surface area (Å²) in [5, 5.41) is 3.60. The molecule has 2 aromatic rings. The van der Waals surface area contributed by atoms with Crippen molar-refractivity contribution < 1.29 is 4.79 Å². The highest BCUT2D eigenvalue weighted by Gasteiger charge is 2.03. The second kappa shape index (κ2) is 3.34. The Morgan fingerprint density at radius 3 is 2.93 bits per heavy atom. The van der Waals surface area contributed by atoms with Crippen LogP contribution in [0.4, 0.5) is 5.82 Å². The van der Waals surface area contributed by atoms with Gasteiger partial charge in [-0.1, -0.05) is 0 Å². The Morgan fingerprint density at radius 1 is 1.43 bits per heavy atom. The highest BCUT2D eigenvalue weighted by Crippen LogP contribution is 2.21. The molecule has 4 nitrogen and oxygen atoms in total. The van der Waals surface area contributed by atoms with Crippen LogP contribution in [0.1, 0.15) is 11.9 Å². The standard InChI is InChI=1S/C9H9N3OS/c1-5(13)10-8-4-3-7-9(12-8)11-6(2)14-7/h3-4H,1-2H3,(H,10,12,13). The summed E-state index contributed by atoms with van der Waals surface area (Å²) in [5.41, 5.74) is 0.693. The monoisotopic (exact) mass is 207 g/mol. The van der Waals surface area contributed by atoms with Crippen LogP contribution in [0.25, 0.3) is 10.3 Å². The number of nitrogens with one attached hydrogen (secondary N) is 1. The first-order valence-electron chi connectivity index (χ1n) is 4.17. The van der Waals surface area contributed by atoms with E-state index in [0.717, 1.165) is 9.71 Å². The third-order valence-electron chi connectivity index (χ3n) is 1.66. The lowest BCUT2D eigenvalue weighted by atomic mass is 10.4. The lowest BCUT2D eigenvalue weighted by Gasteiger charge is -1.98. The van der Waals surface area contributed by atoms with Crippen LogP contribution >= 0.6 is 11.3 Å². The zero-order valence-electron chi connectivity index (χ0n) is 7.87. The van der Waals surface area contributed by atoms with Crippen LogP contribution in [0, 0.1) is 6.92 Å². The Balaban J connectivity index is 2.45. The van der Waals surface area contributed by atoms with Crippen LogP contribution in [-0.2, 0) is 4.79 Å². The number of carbonyl (C=O) groups is 1. The van der Waals surface area contributed by atoms with E-state index in [1.807, 2.05) is 13.0 Å². The lowest BCUT2D eigenvalue weighted by Crippen LogP contribution is -2.06. The largest absolute Gasteiger partial charge is 0.311 e. The summed E-state index contributed by atoms with van der Waals surface area (Å²) < 4.78 is 1.04. The third kappa shape index (κ3) is 1.72. The minimum Gasteiger partial charge on any atom is -0.311 e. The van der Waals surface area contributed by atoms with Crippen molar-refractivity contribution in [3.8, 4) is 0 Å². The second-order valence-corrected chi connectivity index (χ2v) is 4.17. The summed E-state index contributed by atoms with van der Waals surface area (Å²) in [7, 11) is 0. The smallest absolute Gasteiger partial charge is 0.222 e. The molecular weight excluding hydrogens is 198 g/mol. The van der Waals surface area contributed by atoms with Crippen LogP contribution in [0.3, 0.4) is 0 Å². The number of amides is 1. The molecule has 0 saturated heterocycles. The predicted molar refractivity (Wildman–Crippen MR) is 56.5 cm³/mol. The van der Waals surface area contributed by atoms with E-state index in [9.17, 15) is 4.79 Å². The number of nitrogens with zero attached hydrogens (tertiary/aromatic N) is 2. The summed E-state index contributed by atoms with van der Waals surface area (Å²) >= 11 is 1.59. The van der Waals surface area contributed by atoms with Crippen molar-refractivity contribution >= 4 is 33.4 Å². The first-order valence-corrected chi connectivity index (χ1v) is 4.98. The van der Waals surface area contributed by atoms with Crippen LogP contribution in [0.15, 0.2) is 12.1 Å². The van der Waals surface area contributed by atoms with E-state index in [-0.39, 0.29) is 5.91 Å². The molecule has 0 bridgehead atoms. The summed E-state index contributed by atoms with van der Waals surface area (Å²) in [4.78, 5) is 19.2. The molecule has 72 valence electrons. The minimum absolute atomic E-state index is 0.121. The van der Waals surface area contributed by atoms with E-state index in [1.165, 1.54) is 6.92 Å². The van der Waals surface area contributed by atoms with Gasteiger partial charge in [0.05, 0.1) is 9.71 Å². The zero-order chi connectivity index (χ0) is 10.1. The van der Waals surface area contributed by atoms with Crippen molar-refractivity contribution in [1.29, 1.82) is 0 Å². The predicted octanol–water partition coefficient (Wildman–Crippen LogP) is 1.96. The third-order valence-corrected chi connectivity index (χ3v) is 2.59. The minimum atomic E-state index is -0.121. The Morgan fingerprint density at radius 2 is 2.21 bits per heavy atom. The fraction of sp³-hybridized carbons (Fsp3) is 0.222. The normalized spacial score (nSPS) is 10.4. The molecule has 2 rings (SSSR count). The number of aryl methyl sites for hydroxylation is 1. The Kier molecular flexibility index (Phi) is 2.17. The molecule has 0 atom stereocenters. The molecule has 5 heteroatoms. The van der Waals surface area contributed by atoms with Gasteiger partial charge in [0.2, 0.25) is 5.91 Å². The number of fused-ring (bicyclic) bond motifs is 1. The van der Waals surface area contributed by atoms with Crippen LogP contribution < -0.4 is 5.32 Å². The van der Waals surface area contributed by atoms with Crippen LogP contribution in [0.2, 0.25) is 0 Å². The lowest BCUT2D eigenvalue weighted by molar-refractivity contribution is -0.114. The molecule has 1 N–H and O–H groups in total. The molecule has 0 aliphatic carbocycles. The summed E-state index contributed by atoms with van der Waals surface area (Å²) in [6, 6.07) is 3.69. The first-order chi connectivity index (χ1) is 6.65. The molecule has 0 spiro atoms. The number of hydrogen-bond donors (Lipinski definition) is 1. The van der Waals surface area contributed by atoms with Gasteiger partial charge in [-0.25, -0.2) is 9.97 Å². The molecule has 14 heavy (non-hydrogen) atoms. The number of rotatable bonds is 1. The van der Waals surface area contributed by atoms with Gasteiger partial charge in [0.15, 0.2) is 5.65 Å². The van der Waals surface area contributed by atoms with E-state index in [2.05, 4.69) is 15.3 Å². The molecule has 0 fully saturated rings. The Hall–Kier alpha value is -1.49. The van der Waals surface area contributed by atoms with Crippen molar-refractivity contribution in [3.05, 3.63) is 17.1 Å². The number of anilines is 1. The number of hydrogen-bond acceptors (Lipinski definition) is 4. The topological polar surface area (TPSA) is 54.9 Å². The van der Waals surface area contributed by atoms with Gasteiger partial charge in [0, 0.05) is 6.92 Å². The molecule has 0 unspecified atom stereocenters. The van der Waals surface area contributed by atoms with Crippen molar-refractivity contribution in [1.82, 2.24) is 9.97 Å². The fourth-order valence-electron chi connectivity index (χ4n) is 1.18. The molecule has 1 amide bonds. The molecule has 0 aromatic carbocycles. The number of pyridine rings is 1. The molecule has 0 aliphatic heterocycles. The van der Waals surface area contributed by atoms with Gasteiger partial charge in [0.1, 0.15) is 5.82 Å². The zero-order valence-corrected chi connectivity index (χ0v) is 8.68. The maximum absolute atomic E-state index is 10.8. The molecule has 0 aliphatic rings. The highest BCUT2D eigenvalue weighted by molar-refractivity contribution is 7.18. The fourth-order valence-corrected chi connectivity index (χ4v) is 1.95. The van der Waals surface area contributed by atoms with E-state index in [0.29, 0.717) is 11.5 Å². The number of thiazole rings is 1. The van der Waals surface area contributed by atoms with Crippen molar-refractivity contribution in [2.45, 2.75) is 13.8 Å². The summed E-state index contributed by atoms with van der Waals surface area (Å²) in [6.45, 7) is 3.39. The Labute approximate surface area is 85.0 Å². The maximum Gasteiger partial charge on any atom is 0.222 e. The van der Waals surface area contributed by atoms with E-state index in [1.54, 1.807) is 17.4 Å². The molecule has 2 aromatic heterocycles. The maximum atomic E-state index is 10.8. The van der Waals surface area contributed by atoms with Gasteiger partial charge < -0.3 is 5.32 Å². The van der Waals surface area contributed by atoms with Gasteiger partial charge in [-0.15, -0.1) is 11.3 Å². The number of aromatic nitrogens is 2.